The van der Waals surface area contributed by atoms with Gasteiger partial charge in [0, 0.05) is 0 Å². The van der Waals surface area contributed by atoms with Crippen LogP contribution in [-0.2, 0) is 0 Å². The first-order valence-corrected chi connectivity index (χ1v) is 3.95. The van der Waals surface area contributed by atoms with Gasteiger partial charge in [-0.2, -0.15) is 4.68 Å². The van der Waals surface area contributed by atoms with Crippen molar-refractivity contribution in [3.05, 3.63) is 34.0 Å². The molecule has 1 aromatic heterocycles. The average Bonchev–Trinajstić information content (AvgIpc) is 2.46. The SMILES string of the molecule is C=CC(C)n1cc(Cl)c([N+](=O)[O-])n1. The molecule has 0 aliphatic rings. The molecule has 1 rings (SSSR count). The van der Waals surface area contributed by atoms with Gasteiger partial charge in [0.1, 0.15) is 0 Å². The summed E-state index contributed by atoms with van der Waals surface area (Å²) in [6, 6.07) is -0.105. The van der Waals surface area contributed by atoms with Gasteiger partial charge < -0.3 is 10.1 Å². The largest absolute Gasteiger partial charge is 0.408 e. The summed E-state index contributed by atoms with van der Waals surface area (Å²) in [5, 5.41) is 14.1. The van der Waals surface area contributed by atoms with E-state index in [9.17, 15) is 10.1 Å². The van der Waals surface area contributed by atoms with Crippen LogP contribution in [0.1, 0.15) is 13.0 Å². The number of rotatable bonds is 3. The van der Waals surface area contributed by atoms with Crippen molar-refractivity contribution in [3.8, 4) is 0 Å². The summed E-state index contributed by atoms with van der Waals surface area (Å²) in [5.74, 6) is -0.324. The van der Waals surface area contributed by atoms with Crippen LogP contribution in [0, 0.1) is 10.1 Å². The van der Waals surface area contributed by atoms with Gasteiger partial charge in [-0.25, -0.2) is 0 Å². The lowest BCUT2D eigenvalue weighted by atomic mass is 10.3. The third-order valence-electron chi connectivity index (χ3n) is 1.60. The Bertz CT molecular complexity index is 348. The van der Waals surface area contributed by atoms with Gasteiger partial charge in [0.15, 0.2) is 5.02 Å². The highest BCUT2D eigenvalue weighted by Gasteiger charge is 2.20. The molecule has 0 saturated carbocycles. The maximum absolute atomic E-state index is 10.4. The molecule has 1 aromatic rings. The molecule has 0 aromatic carbocycles. The number of hydrogen-bond donors (Lipinski definition) is 0. The Balaban J connectivity index is 3.08. The van der Waals surface area contributed by atoms with Crippen LogP contribution in [0.3, 0.4) is 0 Å². The standard InChI is InChI=1S/C7H8ClN3O2/c1-3-5(2)10-4-6(8)7(9-10)11(12)13/h3-5H,1H2,2H3. The van der Waals surface area contributed by atoms with E-state index < -0.39 is 4.92 Å². The van der Waals surface area contributed by atoms with Crippen molar-refractivity contribution >= 4 is 17.4 Å². The van der Waals surface area contributed by atoms with Crippen LogP contribution in [0.2, 0.25) is 5.02 Å². The van der Waals surface area contributed by atoms with E-state index in [1.165, 1.54) is 10.9 Å². The van der Waals surface area contributed by atoms with Crippen molar-refractivity contribution in [3.63, 3.8) is 0 Å². The molecule has 70 valence electrons. The molecular weight excluding hydrogens is 194 g/mol. The third-order valence-corrected chi connectivity index (χ3v) is 1.87. The highest BCUT2D eigenvalue weighted by Crippen LogP contribution is 2.23. The number of nitrogens with zero attached hydrogens (tertiary/aromatic N) is 3. The minimum absolute atomic E-state index is 0.0405. The predicted octanol–water partition coefficient (Wildman–Crippen LogP) is 2.19. The molecule has 0 bridgehead atoms. The third kappa shape index (κ3) is 1.86. The van der Waals surface area contributed by atoms with Crippen LogP contribution >= 0.6 is 11.6 Å². The van der Waals surface area contributed by atoms with Gasteiger partial charge in [0.05, 0.1) is 17.3 Å². The van der Waals surface area contributed by atoms with E-state index in [4.69, 9.17) is 11.6 Å². The van der Waals surface area contributed by atoms with Crippen molar-refractivity contribution in [2.45, 2.75) is 13.0 Å². The van der Waals surface area contributed by atoms with Crippen LogP contribution < -0.4 is 0 Å². The lowest BCUT2D eigenvalue weighted by Gasteiger charge is -1.98. The Hall–Kier alpha value is -1.36. The Labute approximate surface area is 79.8 Å². The molecule has 0 aliphatic heterocycles. The molecule has 0 fully saturated rings. The molecule has 1 atom stereocenters. The zero-order valence-electron chi connectivity index (χ0n) is 6.98. The van der Waals surface area contributed by atoms with Gasteiger partial charge >= 0.3 is 5.82 Å². The highest BCUT2D eigenvalue weighted by atomic mass is 35.5. The number of aromatic nitrogens is 2. The lowest BCUT2D eigenvalue weighted by Crippen LogP contribution is -2.02. The molecule has 0 amide bonds. The van der Waals surface area contributed by atoms with E-state index in [0.29, 0.717) is 0 Å². The molecule has 1 unspecified atom stereocenters. The second-order valence-electron chi connectivity index (χ2n) is 2.51. The van der Waals surface area contributed by atoms with E-state index in [1.807, 2.05) is 0 Å². The van der Waals surface area contributed by atoms with Crippen molar-refractivity contribution < 1.29 is 4.92 Å². The topological polar surface area (TPSA) is 61.0 Å². The normalized spacial score (nSPS) is 12.5. The van der Waals surface area contributed by atoms with Gasteiger partial charge in [0.25, 0.3) is 0 Å². The first kappa shape index (κ1) is 9.73. The highest BCUT2D eigenvalue weighted by molar-refractivity contribution is 6.32. The summed E-state index contributed by atoms with van der Waals surface area (Å²) in [4.78, 5) is 9.75. The zero-order valence-corrected chi connectivity index (χ0v) is 7.73. The lowest BCUT2D eigenvalue weighted by molar-refractivity contribution is -0.389. The van der Waals surface area contributed by atoms with Crippen LogP contribution in [0.4, 0.5) is 5.82 Å². The molecule has 0 spiro atoms. The molecule has 0 aliphatic carbocycles. The van der Waals surface area contributed by atoms with Gasteiger partial charge in [0.2, 0.25) is 0 Å². The molecule has 13 heavy (non-hydrogen) atoms. The predicted molar refractivity (Wildman–Crippen MR) is 48.8 cm³/mol. The van der Waals surface area contributed by atoms with Crippen LogP contribution in [-0.4, -0.2) is 14.7 Å². The average molecular weight is 202 g/mol. The van der Waals surface area contributed by atoms with E-state index >= 15 is 0 Å². The smallest absolute Gasteiger partial charge is 0.358 e. The summed E-state index contributed by atoms with van der Waals surface area (Å²) < 4.78 is 1.40. The first-order chi connectivity index (χ1) is 6.06. The fourth-order valence-corrected chi connectivity index (χ4v) is 1.01. The fraction of sp³-hybridized carbons (Fsp3) is 0.286. The van der Waals surface area contributed by atoms with Crippen LogP contribution in [0.5, 0.6) is 0 Å². The quantitative estimate of drug-likeness (QED) is 0.428. The van der Waals surface area contributed by atoms with E-state index in [0.717, 1.165) is 0 Å². The molecule has 5 nitrogen and oxygen atoms in total. The number of hydrogen-bond acceptors (Lipinski definition) is 3. The van der Waals surface area contributed by atoms with Gasteiger partial charge in [-0.15, -0.1) is 6.58 Å². The number of nitro groups is 1. The first-order valence-electron chi connectivity index (χ1n) is 3.58. The summed E-state index contributed by atoms with van der Waals surface area (Å²) >= 11 is 5.58. The van der Waals surface area contributed by atoms with E-state index in [1.54, 1.807) is 13.0 Å². The van der Waals surface area contributed by atoms with E-state index in [-0.39, 0.29) is 16.9 Å². The molecule has 0 radical (unpaired) electrons. The molecule has 0 saturated heterocycles. The van der Waals surface area contributed by atoms with E-state index in [2.05, 4.69) is 11.7 Å². The van der Waals surface area contributed by atoms with Crippen molar-refractivity contribution in [2.24, 2.45) is 0 Å². The van der Waals surface area contributed by atoms with Gasteiger partial charge in [-0.3, -0.25) is 0 Å². The van der Waals surface area contributed by atoms with Crippen molar-refractivity contribution in [2.75, 3.05) is 0 Å². The maximum atomic E-state index is 10.4. The summed E-state index contributed by atoms with van der Waals surface area (Å²) in [6.45, 7) is 5.35. The van der Waals surface area contributed by atoms with Crippen molar-refractivity contribution in [1.29, 1.82) is 0 Å². The number of allylic oxidation sites excluding steroid dienone is 1. The summed E-state index contributed by atoms with van der Waals surface area (Å²) in [6.07, 6.45) is 3.03. The fourth-order valence-electron chi connectivity index (χ4n) is 0.800. The zero-order chi connectivity index (χ0) is 10.0. The summed E-state index contributed by atoms with van der Waals surface area (Å²) in [5.41, 5.74) is 0. The van der Waals surface area contributed by atoms with Crippen LogP contribution in [0.15, 0.2) is 18.9 Å². The van der Waals surface area contributed by atoms with Crippen molar-refractivity contribution in [1.82, 2.24) is 9.78 Å². The Morgan fingerprint density at radius 3 is 2.92 bits per heavy atom. The molecule has 0 N–H and O–H groups in total. The van der Waals surface area contributed by atoms with Crippen LogP contribution in [0.25, 0.3) is 0 Å². The second-order valence-corrected chi connectivity index (χ2v) is 2.92. The minimum atomic E-state index is -0.616. The summed E-state index contributed by atoms with van der Waals surface area (Å²) in [7, 11) is 0. The molecule has 1 heterocycles. The monoisotopic (exact) mass is 201 g/mol. The Morgan fingerprint density at radius 1 is 1.92 bits per heavy atom. The molecular formula is C7H8ClN3O2. The molecule has 6 heteroatoms. The van der Waals surface area contributed by atoms with Gasteiger partial charge in [-0.1, -0.05) is 17.7 Å². The minimum Gasteiger partial charge on any atom is -0.358 e. The van der Waals surface area contributed by atoms with Gasteiger partial charge in [-0.05, 0) is 11.8 Å². The second kappa shape index (κ2) is 3.57. The Kier molecular flexibility index (Phi) is 2.67. The maximum Gasteiger partial charge on any atom is 0.408 e. The Morgan fingerprint density at radius 2 is 2.54 bits per heavy atom. The number of halogens is 1.